The molecule has 2 N–H and O–H groups in total. The Morgan fingerprint density at radius 1 is 1.02 bits per heavy atom. The van der Waals surface area contributed by atoms with E-state index in [-0.39, 0.29) is 15.7 Å². The van der Waals surface area contributed by atoms with Gasteiger partial charge in [-0.3, -0.25) is 4.90 Å². The van der Waals surface area contributed by atoms with E-state index in [1.807, 2.05) is 12.1 Å². The maximum Gasteiger partial charge on any atom is 0.229 e. The summed E-state index contributed by atoms with van der Waals surface area (Å²) >= 11 is 6.40. The molecular formula is C29H37ClN6O4S. The van der Waals surface area contributed by atoms with Gasteiger partial charge in [-0.2, -0.15) is 4.98 Å². The van der Waals surface area contributed by atoms with Crippen LogP contribution in [0.4, 0.5) is 28.8 Å². The number of benzene rings is 2. The van der Waals surface area contributed by atoms with E-state index in [1.54, 1.807) is 45.2 Å². The number of sulfone groups is 1. The molecule has 3 aromatic rings. The monoisotopic (exact) mass is 600 g/mol. The van der Waals surface area contributed by atoms with Crippen LogP contribution in [0.15, 0.2) is 53.6 Å². The lowest BCUT2D eigenvalue weighted by Gasteiger charge is -2.40. The minimum atomic E-state index is -3.52. The molecule has 0 unspecified atom stereocenters. The van der Waals surface area contributed by atoms with E-state index < -0.39 is 15.1 Å². The van der Waals surface area contributed by atoms with Crippen LogP contribution in [0.1, 0.15) is 26.7 Å². The molecule has 2 aliphatic rings. The molecule has 0 atom stereocenters. The highest BCUT2D eigenvalue weighted by Crippen LogP contribution is 2.34. The van der Waals surface area contributed by atoms with Crippen molar-refractivity contribution in [2.75, 3.05) is 62.0 Å². The van der Waals surface area contributed by atoms with Crippen LogP contribution in [-0.2, 0) is 14.6 Å². The predicted molar refractivity (Wildman–Crippen MR) is 163 cm³/mol. The molecular weight excluding hydrogens is 564 g/mol. The molecule has 0 bridgehead atoms. The molecule has 10 nitrogen and oxygen atoms in total. The fraction of sp³-hybridized carbons (Fsp3) is 0.448. The number of aromatic nitrogens is 2. The van der Waals surface area contributed by atoms with Gasteiger partial charge in [0.1, 0.15) is 10.8 Å². The van der Waals surface area contributed by atoms with Gasteiger partial charge in [-0.25, -0.2) is 13.4 Å². The second kappa shape index (κ2) is 12.8. The number of nitrogens with one attached hydrogen (secondary N) is 2. The number of halogens is 1. The number of nitrogens with zero attached hydrogens (tertiary/aromatic N) is 4. The first-order valence-corrected chi connectivity index (χ1v) is 15.8. The van der Waals surface area contributed by atoms with Crippen LogP contribution < -0.4 is 20.3 Å². The lowest BCUT2D eigenvalue weighted by molar-refractivity contribution is 0.0115. The smallest absolute Gasteiger partial charge is 0.229 e. The van der Waals surface area contributed by atoms with Crippen LogP contribution in [0.25, 0.3) is 0 Å². The Morgan fingerprint density at radius 3 is 2.46 bits per heavy atom. The highest BCUT2D eigenvalue weighted by atomic mass is 35.5. The van der Waals surface area contributed by atoms with Gasteiger partial charge in [-0.15, -0.1) is 0 Å². The Bertz CT molecular complexity index is 1460. The van der Waals surface area contributed by atoms with E-state index in [4.69, 9.17) is 21.1 Å². The van der Waals surface area contributed by atoms with Crippen LogP contribution in [0.5, 0.6) is 5.75 Å². The fourth-order valence-corrected chi connectivity index (χ4v) is 6.59. The van der Waals surface area contributed by atoms with Gasteiger partial charge in [0.05, 0.1) is 48.0 Å². The predicted octanol–water partition coefficient (Wildman–Crippen LogP) is 5.11. The first-order chi connectivity index (χ1) is 19.8. The first-order valence-electron chi connectivity index (χ1n) is 13.9. The number of piperidine rings is 1. The number of para-hydroxylation sites is 1. The number of hydrogen-bond donors (Lipinski definition) is 2. The highest BCUT2D eigenvalue weighted by molar-refractivity contribution is 7.92. The molecule has 5 rings (SSSR count). The summed E-state index contributed by atoms with van der Waals surface area (Å²) in [5, 5.41) is 5.99. The Kier molecular flexibility index (Phi) is 9.18. The molecule has 0 amide bonds. The van der Waals surface area contributed by atoms with Crippen LogP contribution in [0, 0.1) is 0 Å². The van der Waals surface area contributed by atoms with Crippen molar-refractivity contribution in [3.05, 3.63) is 53.7 Å². The molecule has 0 saturated carbocycles. The van der Waals surface area contributed by atoms with E-state index in [9.17, 15) is 8.42 Å². The number of hydrogen-bond acceptors (Lipinski definition) is 10. The van der Waals surface area contributed by atoms with Gasteiger partial charge in [-0.05, 0) is 51.0 Å². The van der Waals surface area contributed by atoms with Crippen LogP contribution in [0.3, 0.4) is 0 Å². The first kappa shape index (κ1) is 29.4. The Labute approximate surface area is 246 Å². The molecule has 0 radical (unpaired) electrons. The van der Waals surface area contributed by atoms with E-state index in [0.717, 1.165) is 57.9 Å². The number of anilines is 5. The van der Waals surface area contributed by atoms with Crippen molar-refractivity contribution < 1.29 is 17.9 Å². The van der Waals surface area contributed by atoms with Crippen molar-refractivity contribution in [3.63, 3.8) is 0 Å². The standard InChI is InChI=1S/C29H37ClN6O4S/c1-20(2)41(37,38)27-7-5-4-6-25(27)32-28-23(30)19-31-29(34-28)33-24-9-8-22(18-26(24)39-3)35-12-10-21(11-13-35)36-14-16-40-17-15-36/h4-9,18-21H,10-17H2,1-3H3,(H2,31,32,33,34). The van der Waals surface area contributed by atoms with Crippen molar-refractivity contribution in [2.45, 2.75) is 42.9 Å². The fourth-order valence-electron chi connectivity index (χ4n) is 5.25. The summed E-state index contributed by atoms with van der Waals surface area (Å²) < 4.78 is 37.0. The second-order valence-corrected chi connectivity index (χ2v) is 13.4. The molecule has 0 aliphatic carbocycles. The van der Waals surface area contributed by atoms with E-state index in [1.165, 1.54) is 6.20 Å². The number of methoxy groups -OCH3 is 1. The molecule has 1 aromatic heterocycles. The van der Waals surface area contributed by atoms with Crippen molar-refractivity contribution in [2.24, 2.45) is 0 Å². The lowest BCUT2D eigenvalue weighted by atomic mass is 10.0. The quantitative estimate of drug-likeness (QED) is 0.344. The van der Waals surface area contributed by atoms with Gasteiger partial charge in [0.25, 0.3) is 0 Å². The van der Waals surface area contributed by atoms with Crippen molar-refractivity contribution in [1.29, 1.82) is 0 Å². The summed E-state index contributed by atoms with van der Waals surface area (Å²) in [6.07, 6.45) is 3.72. The Morgan fingerprint density at radius 2 is 1.76 bits per heavy atom. The molecule has 3 heterocycles. The second-order valence-electron chi connectivity index (χ2n) is 10.5. The third kappa shape index (κ3) is 6.69. The van der Waals surface area contributed by atoms with Gasteiger partial charge >= 0.3 is 0 Å². The normalized spacial score (nSPS) is 17.0. The molecule has 0 spiro atoms. The van der Waals surface area contributed by atoms with Crippen molar-refractivity contribution in [3.8, 4) is 5.75 Å². The molecule has 2 saturated heterocycles. The summed E-state index contributed by atoms with van der Waals surface area (Å²) in [6, 6.07) is 13.4. The van der Waals surface area contributed by atoms with Gasteiger partial charge in [0, 0.05) is 44.0 Å². The average Bonchev–Trinajstić information content (AvgIpc) is 2.99. The molecule has 220 valence electrons. The zero-order valence-electron chi connectivity index (χ0n) is 23.6. The summed E-state index contributed by atoms with van der Waals surface area (Å²) in [7, 11) is -1.89. The lowest BCUT2D eigenvalue weighted by Crippen LogP contribution is -2.49. The van der Waals surface area contributed by atoms with Crippen LogP contribution in [0.2, 0.25) is 5.02 Å². The number of morpholine rings is 1. The SMILES string of the molecule is COc1cc(N2CCC(N3CCOCC3)CC2)ccc1Nc1ncc(Cl)c(Nc2ccccc2S(=O)(=O)C(C)C)n1. The van der Waals surface area contributed by atoms with Gasteiger partial charge in [0.2, 0.25) is 5.95 Å². The van der Waals surface area contributed by atoms with Crippen LogP contribution >= 0.6 is 11.6 Å². The average molecular weight is 601 g/mol. The van der Waals surface area contributed by atoms with Crippen molar-refractivity contribution in [1.82, 2.24) is 14.9 Å². The molecule has 12 heteroatoms. The topological polar surface area (TPSA) is 109 Å². The zero-order valence-corrected chi connectivity index (χ0v) is 25.2. The van der Waals surface area contributed by atoms with E-state index in [2.05, 4.69) is 36.5 Å². The zero-order chi connectivity index (χ0) is 29.0. The summed E-state index contributed by atoms with van der Waals surface area (Å²) in [5.41, 5.74) is 2.21. The highest BCUT2D eigenvalue weighted by Gasteiger charge is 2.27. The Hall–Kier alpha value is -3.12. The van der Waals surface area contributed by atoms with Gasteiger partial charge < -0.3 is 25.0 Å². The van der Waals surface area contributed by atoms with E-state index in [0.29, 0.717) is 29.1 Å². The maximum absolute atomic E-state index is 12.9. The molecule has 2 aromatic carbocycles. The third-order valence-electron chi connectivity index (χ3n) is 7.63. The Balaban J connectivity index is 1.30. The summed E-state index contributed by atoms with van der Waals surface area (Å²) in [5.74, 6) is 1.24. The molecule has 41 heavy (non-hydrogen) atoms. The minimum absolute atomic E-state index is 0.186. The van der Waals surface area contributed by atoms with Gasteiger partial charge in [0.15, 0.2) is 15.7 Å². The number of rotatable bonds is 9. The molecule has 2 aliphatic heterocycles. The van der Waals surface area contributed by atoms with Crippen molar-refractivity contribution >= 4 is 50.3 Å². The minimum Gasteiger partial charge on any atom is -0.494 e. The van der Waals surface area contributed by atoms with Gasteiger partial charge in [-0.1, -0.05) is 23.7 Å². The number of ether oxygens (including phenoxy) is 2. The van der Waals surface area contributed by atoms with E-state index >= 15 is 0 Å². The maximum atomic E-state index is 12.9. The summed E-state index contributed by atoms with van der Waals surface area (Å²) in [4.78, 5) is 14.0. The molecule has 2 fully saturated rings. The summed E-state index contributed by atoms with van der Waals surface area (Å²) in [6.45, 7) is 8.97. The third-order valence-corrected chi connectivity index (χ3v) is 10.1. The largest absolute Gasteiger partial charge is 0.494 e. The van der Waals surface area contributed by atoms with Crippen LogP contribution in [-0.4, -0.2) is 81.1 Å².